The third kappa shape index (κ3) is 4.54. The summed E-state index contributed by atoms with van der Waals surface area (Å²) in [6.07, 6.45) is 7.08. The summed E-state index contributed by atoms with van der Waals surface area (Å²) in [5.74, 6) is 1.36. The Morgan fingerprint density at radius 3 is 2.37 bits per heavy atom. The molecule has 0 unspecified atom stereocenters. The normalized spacial score (nSPS) is 13.6. The lowest BCUT2D eigenvalue weighted by Crippen LogP contribution is -3.00. The second kappa shape index (κ2) is 9.00. The highest BCUT2D eigenvalue weighted by atomic mass is 79.9. The maximum atomic E-state index is 6.46. The quantitative estimate of drug-likeness (QED) is 0.503. The number of fused-ring (bicyclic) bond motifs is 1. The molecule has 1 aliphatic heterocycles. The number of hydrogen-bond donors (Lipinski definition) is 0. The van der Waals surface area contributed by atoms with Crippen LogP contribution in [-0.2, 0) is 19.5 Å². The molecule has 0 fully saturated rings. The fraction of sp³-hybridized carbons (Fsp3) is 0.286. The van der Waals surface area contributed by atoms with Gasteiger partial charge in [-0.25, -0.2) is 9.13 Å². The van der Waals surface area contributed by atoms with Crippen LogP contribution in [-0.4, -0.2) is 4.57 Å². The molecule has 2 heterocycles. The number of rotatable bonds is 3. The van der Waals surface area contributed by atoms with E-state index in [0.717, 1.165) is 30.1 Å². The van der Waals surface area contributed by atoms with Crippen LogP contribution in [0, 0.1) is 0 Å². The second-order valence-electron chi connectivity index (χ2n) is 6.76. The molecule has 0 spiro atoms. The van der Waals surface area contributed by atoms with E-state index in [0.29, 0.717) is 10.0 Å². The zero-order valence-corrected chi connectivity index (χ0v) is 18.6. The van der Waals surface area contributed by atoms with Gasteiger partial charge in [0.2, 0.25) is 0 Å². The molecule has 4 rings (SSSR count). The van der Waals surface area contributed by atoms with Gasteiger partial charge in [0.1, 0.15) is 12.7 Å². The largest absolute Gasteiger partial charge is 1.00 e. The Hall–Kier alpha value is -1.000. The molecule has 2 aromatic carbocycles. The van der Waals surface area contributed by atoms with Gasteiger partial charge in [-0.3, -0.25) is 0 Å². The predicted octanol–water partition coefficient (Wildman–Crippen LogP) is 3.18. The standard InChI is InChI=1S/C21H20Cl3N2.BrH/c22-17-8-5-15(6-9-17)20-14-25-11-3-1-2-4-21(25)26(20)13-16-7-10-18(23)12-19(16)24;/h5-10,12,14H,1-4,11,13H2;1H/q+1;/p-1. The van der Waals surface area contributed by atoms with Gasteiger partial charge in [0, 0.05) is 32.6 Å². The Bertz CT molecular complexity index is 935. The van der Waals surface area contributed by atoms with E-state index in [1.165, 1.54) is 36.3 Å². The van der Waals surface area contributed by atoms with Gasteiger partial charge in [0.25, 0.3) is 5.82 Å². The summed E-state index contributed by atoms with van der Waals surface area (Å²) in [5.41, 5.74) is 3.44. The number of benzene rings is 2. The van der Waals surface area contributed by atoms with E-state index < -0.39 is 0 Å². The van der Waals surface area contributed by atoms with Gasteiger partial charge in [-0.1, -0.05) is 40.9 Å². The fourth-order valence-electron chi connectivity index (χ4n) is 3.65. The van der Waals surface area contributed by atoms with Gasteiger partial charge in [-0.05, 0) is 55.7 Å². The van der Waals surface area contributed by atoms with Crippen molar-refractivity contribution in [1.82, 2.24) is 4.57 Å². The van der Waals surface area contributed by atoms with E-state index in [9.17, 15) is 0 Å². The number of aromatic nitrogens is 2. The van der Waals surface area contributed by atoms with Crippen molar-refractivity contribution in [3.8, 4) is 11.3 Å². The minimum atomic E-state index is 0. The van der Waals surface area contributed by atoms with Crippen LogP contribution >= 0.6 is 34.8 Å². The molecule has 1 aliphatic rings. The van der Waals surface area contributed by atoms with Crippen LogP contribution in [0.2, 0.25) is 15.1 Å². The average molecular weight is 487 g/mol. The summed E-state index contributed by atoms with van der Waals surface area (Å²) >= 11 is 18.6. The van der Waals surface area contributed by atoms with Crippen LogP contribution in [0.5, 0.6) is 0 Å². The van der Waals surface area contributed by atoms with E-state index in [4.69, 9.17) is 34.8 Å². The molecule has 6 heteroatoms. The first-order valence-electron chi connectivity index (χ1n) is 8.93. The Kier molecular flexibility index (Phi) is 6.91. The maximum absolute atomic E-state index is 6.46. The molecule has 3 aromatic rings. The Balaban J connectivity index is 0.00000210. The Morgan fingerprint density at radius 1 is 0.889 bits per heavy atom. The zero-order chi connectivity index (χ0) is 18.1. The molecule has 0 atom stereocenters. The minimum absolute atomic E-state index is 0. The molecule has 0 amide bonds. The van der Waals surface area contributed by atoms with E-state index >= 15 is 0 Å². The van der Waals surface area contributed by atoms with Gasteiger partial charge in [0.15, 0.2) is 5.69 Å². The van der Waals surface area contributed by atoms with Crippen LogP contribution in [0.15, 0.2) is 48.7 Å². The minimum Gasteiger partial charge on any atom is -1.00 e. The van der Waals surface area contributed by atoms with Gasteiger partial charge in [0.05, 0.1) is 6.54 Å². The van der Waals surface area contributed by atoms with E-state index in [1.807, 2.05) is 30.3 Å². The first-order chi connectivity index (χ1) is 12.6. The van der Waals surface area contributed by atoms with Crippen molar-refractivity contribution >= 4 is 34.8 Å². The van der Waals surface area contributed by atoms with Crippen molar-refractivity contribution < 1.29 is 21.5 Å². The lowest BCUT2D eigenvalue weighted by molar-refractivity contribution is -0.702. The smallest absolute Gasteiger partial charge is 0.257 e. The van der Waals surface area contributed by atoms with Gasteiger partial charge in [-0.15, -0.1) is 0 Å². The maximum Gasteiger partial charge on any atom is 0.257 e. The summed E-state index contributed by atoms with van der Waals surface area (Å²) in [6, 6.07) is 13.8. The topological polar surface area (TPSA) is 8.81 Å². The summed E-state index contributed by atoms with van der Waals surface area (Å²) in [6.45, 7) is 1.80. The molecule has 0 radical (unpaired) electrons. The number of hydrogen-bond acceptors (Lipinski definition) is 0. The molecule has 142 valence electrons. The number of halogens is 4. The lowest BCUT2D eigenvalue weighted by atomic mass is 10.1. The molecule has 0 saturated carbocycles. The van der Waals surface area contributed by atoms with Crippen molar-refractivity contribution in [3.05, 3.63) is 75.1 Å². The zero-order valence-electron chi connectivity index (χ0n) is 14.8. The van der Waals surface area contributed by atoms with Gasteiger partial charge >= 0.3 is 0 Å². The first-order valence-corrected chi connectivity index (χ1v) is 10.1. The summed E-state index contributed by atoms with van der Waals surface area (Å²) < 4.78 is 4.80. The number of imidazole rings is 1. The average Bonchev–Trinajstić information content (AvgIpc) is 2.80. The first kappa shape index (κ1) is 20.7. The fourth-order valence-corrected chi connectivity index (χ4v) is 4.24. The monoisotopic (exact) mass is 484 g/mol. The SMILES string of the molecule is Clc1ccc(-c2c[n+]3c(n2Cc2ccc(Cl)cc2Cl)CCCCC3)cc1.[Br-]. The third-order valence-corrected chi connectivity index (χ3v) is 5.83. The van der Waals surface area contributed by atoms with Crippen LogP contribution in [0.1, 0.15) is 30.7 Å². The second-order valence-corrected chi connectivity index (χ2v) is 8.04. The van der Waals surface area contributed by atoms with Crippen LogP contribution in [0.3, 0.4) is 0 Å². The number of aryl methyl sites for hydroxylation is 1. The van der Waals surface area contributed by atoms with Crippen LogP contribution < -0.4 is 21.5 Å². The predicted molar refractivity (Wildman–Crippen MR) is 108 cm³/mol. The van der Waals surface area contributed by atoms with Crippen LogP contribution in [0.4, 0.5) is 0 Å². The van der Waals surface area contributed by atoms with Crippen LogP contribution in [0.25, 0.3) is 11.3 Å². The van der Waals surface area contributed by atoms with Gasteiger partial charge < -0.3 is 17.0 Å². The highest BCUT2D eigenvalue weighted by Gasteiger charge is 2.26. The molecule has 1 aromatic heterocycles. The summed E-state index contributed by atoms with van der Waals surface area (Å²) in [7, 11) is 0. The molecule has 0 N–H and O–H groups in total. The molecule has 27 heavy (non-hydrogen) atoms. The van der Waals surface area contributed by atoms with E-state index in [2.05, 4.69) is 27.5 Å². The molecular weight excluding hydrogens is 467 g/mol. The Labute approximate surface area is 185 Å². The van der Waals surface area contributed by atoms with E-state index in [1.54, 1.807) is 0 Å². The molecule has 0 bridgehead atoms. The van der Waals surface area contributed by atoms with Crippen molar-refractivity contribution in [2.24, 2.45) is 0 Å². The van der Waals surface area contributed by atoms with Crippen molar-refractivity contribution in [3.63, 3.8) is 0 Å². The molecular formula is C21H20BrCl3N2. The Morgan fingerprint density at radius 2 is 1.63 bits per heavy atom. The summed E-state index contributed by atoms with van der Waals surface area (Å²) in [4.78, 5) is 0. The van der Waals surface area contributed by atoms with Crippen molar-refractivity contribution in [1.29, 1.82) is 0 Å². The van der Waals surface area contributed by atoms with E-state index in [-0.39, 0.29) is 17.0 Å². The highest BCUT2D eigenvalue weighted by molar-refractivity contribution is 6.35. The van der Waals surface area contributed by atoms with Crippen molar-refractivity contribution in [2.45, 2.75) is 38.8 Å². The summed E-state index contributed by atoms with van der Waals surface area (Å²) in [5, 5.41) is 2.12. The molecule has 0 aliphatic carbocycles. The molecule has 0 saturated heterocycles. The van der Waals surface area contributed by atoms with Crippen molar-refractivity contribution in [2.75, 3.05) is 0 Å². The number of nitrogens with zero attached hydrogens (tertiary/aromatic N) is 2. The lowest BCUT2D eigenvalue weighted by Gasteiger charge is -2.08. The molecule has 2 nitrogen and oxygen atoms in total. The third-order valence-electron chi connectivity index (χ3n) is 4.99. The van der Waals surface area contributed by atoms with Gasteiger partial charge in [-0.2, -0.15) is 0 Å². The highest BCUT2D eigenvalue weighted by Crippen LogP contribution is 2.28.